The van der Waals surface area contributed by atoms with Crippen LogP contribution >= 0.6 is 0 Å². The van der Waals surface area contributed by atoms with E-state index >= 15 is 0 Å². The summed E-state index contributed by atoms with van der Waals surface area (Å²) in [6.07, 6.45) is 7.13. The molecule has 0 N–H and O–H groups in total. The fraction of sp³-hybridized carbons (Fsp3) is 0.471. The van der Waals surface area contributed by atoms with Crippen LogP contribution in [0.3, 0.4) is 0 Å². The molecule has 6 aromatic carbocycles. The van der Waals surface area contributed by atoms with Gasteiger partial charge in [0.15, 0.2) is 0 Å². The molecule has 71 heavy (non-hydrogen) atoms. The average Bonchev–Trinajstić information content (AvgIpc) is 3.52. The van der Waals surface area contributed by atoms with Gasteiger partial charge in [0.05, 0.1) is 5.69 Å². The van der Waals surface area contributed by atoms with Crippen LogP contribution < -0.4 is 26.2 Å². The second-order valence-electron chi connectivity index (χ2n) is 29.1. The zero-order valence-electron chi connectivity index (χ0n) is 46.9. The molecule has 366 valence electrons. The van der Waals surface area contributed by atoms with Crippen LogP contribution in [0.4, 0.5) is 34.1 Å². The summed E-state index contributed by atoms with van der Waals surface area (Å²) in [5, 5.41) is 0. The molecular formula is C68H81BN2. The first-order valence-corrected chi connectivity index (χ1v) is 27.5. The van der Waals surface area contributed by atoms with Gasteiger partial charge in [0.2, 0.25) is 0 Å². The molecule has 0 saturated carbocycles. The minimum Gasteiger partial charge on any atom is -0.311 e. The lowest BCUT2D eigenvalue weighted by Gasteiger charge is -2.49. The van der Waals surface area contributed by atoms with Crippen molar-refractivity contribution in [3.8, 4) is 11.1 Å². The molecule has 2 heterocycles. The molecule has 0 aromatic heterocycles. The van der Waals surface area contributed by atoms with Gasteiger partial charge < -0.3 is 9.80 Å². The average molecular weight is 937 g/mol. The second-order valence-corrected chi connectivity index (χ2v) is 29.1. The number of aryl methyl sites for hydroxylation is 1. The van der Waals surface area contributed by atoms with Gasteiger partial charge in [-0.3, -0.25) is 0 Å². The van der Waals surface area contributed by atoms with Crippen LogP contribution in [0.1, 0.15) is 212 Å². The SMILES string of the molecule is Cc1cc2c3c(c1)N(c1cccc4c1-c1ccc(C(C)(C)C)cc1C4(C)C)c1cc4c(cc1B3c1cc3c(cc1N2c1ccc2c(c1)C(C)(C)CCC2(C)C)C(C)(C)CCC3(C)C)C(C)(C)CCC4(C)C. The third-order valence-electron chi connectivity index (χ3n) is 20.0. The number of rotatable bonds is 2. The van der Waals surface area contributed by atoms with Crippen molar-refractivity contribution in [3.05, 3.63) is 147 Å². The third kappa shape index (κ3) is 6.58. The van der Waals surface area contributed by atoms with Gasteiger partial charge in [0.1, 0.15) is 0 Å². The van der Waals surface area contributed by atoms with E-state index in [-0.39, 0.29) is 50.0 Å². The largest absolute Gasteiger partial charge is 0.311 e. The smallest absolute Gasteiger partial charge is 0.252 e. The maximum atomic E-state index is 2.77. The lowest BCUT2D eigenvalue weighted by Crippen LogP contribution is -2.62. The van der Waals surface area contributed by atoms with Crippen LogP contribution in [0.25, 0.3) is 11.1 Å². The highest BCUT2D eigenvalue weighted by molar-refractivity contribution is 7.00. The maximum Gasteiger partial charge on any atom is 0.252 e. The van der Waals surface area contributed by atoms with Crippen LogP contribution in [-0.4, -0.2) is 6.71 Å². The molecule has 6 aliphatic rings. The second kappa shape index (κ2) is 14.4. The molecule has 0 atom stereocenters. The van der Waals surface area contributed by atoms with Crippen molar-refractivity contribution in [1.29, 1.82) is 0 Å². The quantitative estimate of drug-likeness (QED) is 0.159. The monoisotopic (exact) mass is 937 g/mol. The molecule has 3 heteroatoms. The highest BCUT2D eigenvalue weighted by atomic mass is 15.2. The Bertz CT molecular complexity index is 3300. The number of hydrogen-bond acceptors (Lipinski definition) is 2. The van der Waals surface area contributed by atoms with Crippen molar-refractivity contribution in [2.45, 2.75) is 206 Å². The Morgan fingerprint density at radius 1 is 0.408 bits per heavy atom. The molecule has 2 aliphatic heterocycles. The molecule has 4 aliphatic carbocycles. The molecule has 12 rings (SSSR count). The summed E-state index contributed by atoms with van der Waals surface area (Å²) in [5.41, 5.74) is 30.1. The van der Waals surface area contributed by atoms with Crippen molar-refractivity contribution in [2.75, 3.05) is 9.80 Å². The summed E-state index contributed by atoms with van der Waals surface area (Å²) in [4.78, 5) is 5.51. The van der Waals surface area contributed by atoms with Crippen molar-refractivity contribution >= 4 is 57.2 Å². The van der Waals surface area contributed by atoms with Gasteiger partial charge in [-0.2, -0.15) is 0 Å². The molecule has 0 saturated heterocycles. The molecular weight excluding hydrogens is 856 g/mol. The highest BCUT2D eigenvalue weighted by Gasteiger charge is 2.50. The van der Waals surface area contributed by atoms with Crippen LogP contribution in [0.5, 0.6) is 0 Å². The lowest BCUT2D eigenvalue weighted by molar-refractivity contribution is 0.332. The van der Waals surface area contributed by atoms with E-state index in [9.17, 15) is 0 Å². The van der Waals surface area contributed by atoms with Crippen molar-refractivity contribution in [3.63, 3.8) is 0 Å². The molecule has 0 radical (unpaired) electrons. The Labute approximate surface area is 429 Å². The molecule has 0 fully saturated rings. The predicted octanol–water partition coefficient (Wildman–Crippen LogP) is 16.7. The number of nitrogens with zero attached hydrogens (tertiary/aromatic N) is 2. The molecule has 0 bridgehead atoms. The first-order valence-electron chi connectivity index (χ1n) is 27.5. The summed E-state index contributed by atoms with van der Waals surface area (Å²) in [7, 11) is 0. The van der Waals surface area contributed by atoms with E-state index in [0.717, 1.165) is 0 Å². The Morgan fingerprint density at radius 3 is 1.39 bits per heavy atom. The van der Waals surface area contributed by atoms with Crippen molar-refractivity contribution < 1.29 is 0 Å². The van der Waals surface area contributed by atoms with E-state index in [1.165, 1.54) is 156 Å². The van der Waals surface area contributed by atoms with Crippen molar-refractivity contribution in [2.24, 2.45) is 0 Å². The Hall–Kier alpha value is -5.02. The first kappa shape index (κ1) is 47.0. The van der Waals surface area contributed by atoms with E-state index in [0.29, 0.717) is 0 Å². The molecule has 6 aromatic rings. The molecule has 0 amide bonds. The van der Waals surface area contributed by atoms with Crippen LogP contribution in [0, 0.1) is 6.92 Å². The van der Waals surface area contributed by atoms with E-state index in [1.807, 2.05) is 0 Å². The summed E-state index contributed by atoms with van der Waals surface area (Å²) >= 11 is 0. The van der Waals surface area contributed by atoms with Crippen LogP contribution in [0.15, 0.2) is 91.0 Å². The van der Waals surface area contributed by atoms with Gasteiger partial charge in [-0.15, -0.1) is 0 Å². The number of benzene rings is 6. The van der Waals surface area contributed by atoms with Gasteiger partial charge in [-0.25, -0.2) is 0 Å². The summed E-state index contributed by atoms with van der Waals surface area (Å²) in [5.74, 6) is 0. The Kier molecular flexibility index (Phi) is 9.53. The topological polar surface area (TPSA) is 6.48 Å². The van der Waals surface area contributed by atoms with Crippen LogP contribution in [0.2, 0.25) is 0 Å². The summed E-state index contributed by atoms with van der Waals surface area (Å²) in [6.45, 7) is 44.4. The van der Waals surface area contributed by atoms with Gasteiger partial charge >= 0.3 is 0 Å². The number of fused-ring (bicyclic) bond motifs is 10. The molecule has 0 unspecified atom stereocenters. The van der Waals surface area contributed by atoms with E-state index < -0.39 is 0 Å². The van der Waals surface area contributed by atoms with Gasteiger partial charge in [0.25, 0.3) is 6.71 Å². The number of anilines is 6. The fourth-order valence-corrected chi connectivity index (χ4v) is 14.9. The molecule has 0 spiro atoms. The zero-order chi connectivity index (χ0) is 50.7. The number of hydrogen-bond donors (Lipinski definition) is 0. The van der Waals surface area contributed by atoms with Gasteiger partial charge in [-0.1, -0.05) is 166 Å². The summed E-state index contributed by atoms with van der Waals surface area (Å²) in [6, 6.07) is 38.3. The predicted molar refractivity (Wildman–Crippen MR) is 307 cm³/mol. The minimum absolute atomic E-state index is 0.0465. The fourth-order valence-electron chi connectivity index (χ4n) is 14.9. The molecule has 2 nitrogen and oxygen atoms in total. The Morgan fingerprint density at radius 2 is 0.873 bits per heavy atom. The summed E-state index contributed by atoms with van der Waals surface area (Å²) < 4.78 is 0. The Balaban J connectivity index is 1.22. The van der Waals surface area contributed by atoms with Crippen LogP contribution in [-0.2, 0) is 43.3 Å². The minimum atomic E-state index is -0.152. The van der Waals surface area contributed by atoms with Crippen molar-refractivity contribution in [1.82, 2.24) is 0 Å². The van der Waals surface area contributed by atoms with E-state index in [1.54, 1.807) is 0 Å². The third-order valence-corrected chi connectivity index (χ3v) is 20.0. The highest BCUT2D eigenvalue weighted by Crippen LogP contribution is 2.58. The van der Waals surface area contributed by atoms with E-state index in [4.69, 9.17) is 0 Å². The zero-order valence-corrected chi connectivity index (χ0v) is 46.9. The standard InChI is InChI=1S/C68H81BN2/c1-40-32-57-60-58(33-40)71(54-21-19-20-45-59(54)43-24-22-41(61(2,3)4)34-46(43)68(45,17)18)56-39-51-49(65(11,12)29-31-67(51,15)16)37-53(56)69(60)52-36-48-50(66(13,14)30-28-64(48,9)10)38-55(52)70(57)42-23-25-44-47(35-42)63(7,8)27-26-62(44,5)6/h19-25,32-39H,26-31H2,1-18H3. The lowest BCUT2D eigenvalue weighted by atomic mass is 9.32. The normalized spacial score (nSPS) is 21.5. The maximum absolute atomic E-state index is 2.77. The van der Waals surface area contributed by atoms with E-state index in [2.05, 4.69) is 225 Å². The van der Waals surface area contributed by atoms with Gasteiger partial charge in [-0.05, 0) is 203 Å². The first-order chi connectivity index (χ1) is 32.9. The van der Waals surface area contributed by atoms with Gasteiger partial charge in [0, 0.05) is 39.4 Å².